The minimum absolute atomic E-state index is 0. The van der Waals surface area contributed by atoms with Crippen LogP contribution in [0.15, 0.2) is 0 Å². The normalized spacial score (nSPS) is 4.70. The first-order valence-corrected chi connectivity index (χ1v) is 2.83. The molecule has 0 unspecified atom stereocenters. The Hall–Kier alpha value is 8.10. The zero-order valence-corrected chi connectivity index (χ0v) is 26.8. The molecule has 0 aliphatic rings. The van der Waals surface area contributed by atoms with Crippen molar-refractivity contribution in [2.75, 3.05) is 0 Å². The number of hydrogen-bond donors (Lipinski definition) is 0. The van der Waals surface area contributed by atoms with Gasteiger partial charge in [-0.2, -0.15) is 0 Å². The molecule has 0 aromatic carbocycles. The fraction of sp³-hybridized carbons (Fsp3) is 0. The van der Waals surface area contributed by atoms with E-state index in [2.05, 4.69) is 0 Å². The molecule has 100 valence electrons. The third-order valence-electron chi connectivity index (χ3n) is 0. The van der Waals surface area contributed by atoms with Crippen molar-refractivity contribution in [3.8, 4) is 0 Å². The summed E-state index contributed by atoms with van der Waals surface area (Å²) >= 11 is 0. The van der Waals surface area contributed by atoms with E-state index in [1.165, 1.54) is 0 Å². The Morgan fingerprint density at radius 1 is 0.304 bits per heavy atom. The maximum atomic E-state index is 8.42. The van der Waals surface area contributed by atoms with Crippen molar-refractivity contribution >= 4 is 279 Å². The third-order valence-corrected chi connectivity index (χ3v) is 0. The summed E-state index contributed by atoms with van der Waals surface area (Å²) in [5.74, 6) is 0. The SMILES string of the molecule is [Ca+2].[Ca+2].[Ca+2].[Ca+2].[Ca+2].[Ca+2].[H-].[H-].[Mg+2].[O-]B([O-])[O-].[O-]B([O-])[O-].[O-]B([O-])[O-].[O-]B([O-])[O-]. The Labute approximate surface area is 333 Å². The van der Waals surface area contributed by atoms with Crippen LogP contribution in [-0.4, -0.2) is 279 Å². The second kappa shape index (κ2) is 63.1. The Bertz CT molecular complexity index is 90.6. The molecule has 0 spiro atoms. The molecule has 0 aliphatic carbocycles. The van der Waals surface area contributed by atoms with Gasteiger partial charge in [0.2, 0.25) is 0 Å². The fourth-order valence-corrected chi connectivity index (χ4v) is 0. The first-order chi connectivity index (χ1) is 6.93. The first kappa shape index (κ1) is 69.7. The van der Waals surface area contributed by atoms with Crippen LogP contribution >= 0.6 is 0 Å². The molecule has 0 amide bonds. The molecule has 0 aliphatic heterocycles. The number of hydrogen-bond acceptors (Lipinski definition) is 12. The van der Waals surface area contributed by atoms with E-state index >= 15 is 0 Å². The van der Waals surface area contributed by atoms with Gasteiger partial charge in [-0.05, 0) is 0 Å². The third kappa shape index (κ3) is 362. The van der Waals surface area contributed by atoms with Gasteiger partial charge < -0.3 is 63.1 Å². The van der Waals surface area contributed by atoms with Crippen molar-refractivity contribution < 1.29 is 63.1 Å². The van der Waals surface area contributed by atoms with E-state index in [1.54, 1.807) is 0 Å². The molecule has 23 heavy (non-hydrogen) atoms. The van der Waals surface area contributed by atoms with Gasteiger partial charge in [-0.1, -0.05) is 0 Å². The van der Waals surface area contributed by atoms with E-state index in [4.69, 9.17) is 60.3 Å². The quantitative estimate of drug-likeness (QED) is 0.279. The summed E-state index contributed by atoms with van der Waals surface area (Å²) in [5.41, 5.74) is 0. The molecule has 23 heteroatoms. The van der Waals surface area contributed by atoms with Crippen LogP contribution in [0.5, 0.6) is 0 Å². The monoisotopic (exact) mass is 502 g/mol. The standard InChI is InChI=1S/4BO3.6Ca.Mg.2H/c4*2-1(3)4;;;;;;;;;/q4*-3;7*+2;2*-1. The molecule has 0 bridgehead atoms. The van der Waals surface area contributed by atoms with Crippen molar-refractivity contribution in [2.45, 2.75) is 0 Å². The molecule has 0 aromatic heterocycles. The summed E-state index contributed by atoms with van der Waals surface area (Å²) in [4.78, 5) is 0. The van der Waals surface area contributed by atoms with Crippen molar-refractivity contribution in [3.63, 3.8) is 0 Å². The van der Waals surface area contributed by atoms with Gasteiger partial charge in [0.15, 0.2) is 0 Å². The first-order valence-electron chi connectivity index (χ1n) is 2.83. The van der Waals surface area contributed by atoms with E-state index in [0.29, 0.717) is 0 Å². The minimum Gasteiger partial charge on any atom is -1.00 e. The molecule has 12 nitrogen and oxygen atoms in total. The van der Waals surface area contributed by atoms with E-state index < -0.39 is 29.3 Å². The van der Waals surface area contributed by atoms with Crippen molar-refractivity contribution in [1.29, 1.82) is 0 Å². The van der Waals surface area contributed by atoms with Crippen LogP contribution in [0.3, 0.4) is 0 Å². The van der Waals surface area contributed by atoms with Crippen molar-refractivity contribution in [1.82, 2.24) is 0 Å². The van der Waals surface area contributed by atoms with Crippen LogP contribution in [0.4, 0.5) is 0 Å². The van der Waals surface area contributed by atoms with E-state index in [1.807, 2.05) is 0 Å². The van der Waals surface area contributed by atoms with Gasteiger partial charge in [0.25, 0.3) is 0 Å². The van der Waals surface area contributed by atoms with Crippen LogP contribution in [0.25, 0.3) is 0 Å². The Morgan fingerprint density at radius 2 is 0.304 bits per heavy atom. The fourth-order valence-electron chi connectivity index (χ4n) is 0. The Morgan fingerprint density at radius 3 is 0.304 bits per heavy atom. The molecule has 0 rings (SSSR count). The largest absolute Gasteiger partial charge is 2.00 e. The zero-order valence-electron chi connectivity index (χ0n) is 14.2. The predicted molar refractivity (Wildman–Crippen MR) is 65.5 cm³/mol. The zero-order chi connectivity index (χ0) is 14.3. The van der Waals surface area contributed by atoms with E-state index in [9.17, 15) is 0 Å². The maximum absolute atomic E-state index is 8.42. The van der Waals surface area contributed by atoms with Gasteiger partial charge in [-0.15, -0.1) is 0 Å². The second-order valence-electron chi connectivity index (χ2n) is 1.15. The van der Waals surface area contributed by atoms with Gasteiger partial charge in [-0.3, -0.25) is 29.3 Å². The van der Waals surface area contributed by atoms with E-state index in [0.717, 1.165) is 0 Å². The number of rotatable bonds is 0. The van der Waals surface area contributed by atoms with Gasteiger partial charge in [0, 0.05) is 0 Å². The van der Waals surface area contributed by atoms with Crippen LogP contribution in [0.1, 0.15) is 2.85 Å². The Kier molecular flexibility index (Phi) is 191. The second-order valence-corrected chi connectivity index (χ2v) is 1.15. The van der Waals surface area contributed by atoms with Crippen molar-refractivity contribution in [2.24, 2.45) is 0 Å². The van der Waals surface area contributed by atoms with Crippen LogP contribution in [-0.2, 0) is 0 Å². The smallest absolute Gasteiger partial charge is 1.00 e. The molecular weight excluding hydrogens is 500 g/mol. The summed E-state index contributed by atoms with van der Waals surface area (Å²) in [6, 6.07) is 0. The van der Waals surface area contributed by atoms with Crippen LogP contribution in [0.2, 0.25) is 0 Å². The van der Waals surface area contributed by atoms with Gasteiger partial charge >= 0.3 is 249 Å². The predicted octanol–water partition coefficient (Wildman–Crippen LogP) is -18.2. The molecule has 0 radical (unpaired) electrons. The molecule has 0 saturated heterocycles. The molecule has 0 saturated carbocycles. The molecule has 0 atom stereocenters. The summed E-state index contributed by atoms with van der Waals surface area (Å²) in [6.45, 7) is 0. The topological polar surface area (TPSA) is 277 Å². The molecule has 0 N–H and O–H groups in total. The summed E-state index contributed by atoms with van der Waals surface area (Å²) < 4.78 is 0. The molecule has 0 aromatic rings. The summed E-state index contributed by atoms with van der Waals surface area (Å²) in [6.07, 6.45) is 0. The molecule has 0 fully saturated rings. The van der Waals surface area contributed by atoms with Gasteiger partial charge in [0.05, 0.1) is 0 Å². The minimum atomic E-state index is -2.92. The Balaban J connectivity index is -0.00000000623. The molecule has 0 heterocycles. The van der Waals surface area contributed by atoms with E-state index in [-0.39, 0.29) is 252 Å². The van der Waals surface area contributed by atoms with Crippen LogP contribution < -0.4 is 60.3 Å². The average Bonchev–Trinajstić information content (AvgIpc) is 1.76. The summed E-state index contributed by atoms with van der Waals surface area (Å²) in [5, 5.41) is 101. The van der Waals surface area contributed by atoms with Crippen LogP contribution in [0, 0.1) is 0 Å². The van der Waals surface area contributed by atoms with Crippen molar-refractivity contribution in [3.05, 3.63) is 0 Å². The van der Waals surface area contributed by atoms with Gasteiger partial charge in [-0.25, -0.2) is 0 Å². The molecular formula is H2B4Ca6MgO12. The summed E-state index contributed by atoms with van der Waals surface area (Å²) in [7, 11) is -11.7. The van der Waals surface area contributed by atoms with Gasteiger partial charge in [0.1, 0.15) is 0 Å². The average molecular weight is 502 g/mol. The maximum Gasteiger partial charge on any atom is 2.00 e.